The van der Waals surface area contributed by atoms with Crippen molar-refractivity contribution in [3.05, 3.63) is 159 Å². The number of ketones is 2. The van der Waals surface area contributed by atoms with Crippen molar-refractivity contribution >= 4 is 11.6 Å². The van der Waals surface area contributed by atoms with Crippen molar-refractivity contribution in [1.82, 2.24) is 24.5 Å². The molecule has 10 bridgehead atoms. The van der Waals surface area contributed by atoms with E-state index in [1.54, 1.807) is 46.7 Å². The van der Waals surface area contributed by atoms with Crippen LogP contribution in [-0.4, -0.2) is 202 Å². The highest BCUT2D eigenvalue weighted by Gasteiger charge is 2.73. The average Bonchev–Trinajstić information content (AvgIpc) is 1.55. The molecule has 0 spiro atoms. The molecule has 128 heavy (non-hydrogen) atoms. The van der Waals surface area contributed by atoms with Gasteiger partial charge in [-0.15, -0.1) is 6.58 Å². The molecule has 25 aliphatic rings. The SMILES string of the molecule is C=CCOC1C[C@@]23CCN(CC4CC4)[C@H](Cc4ccc(OC)cc42)C3C2CC12.COc1ccc2c(c1)[C@]13CCN(CC4CC4)[C@H](C2)C1C1CC1C(=O)C3.COc1ccc2c(c1)[C@]13CCN(CC4CC4)[C@H](C2)C1C1CC1C(O)C3.COc1ccc2c(c1)[C@]13CCN(CC4CC4)[C@H](C2)[C@@H]1C1CC1C(=O)C3.COc1ccc2c(c1)[C@]13CCN(CC4CC4)[C@H](C2)[C@@H]1C1CC1C(O)C3. The molecule has 15 nitrogen and oxygen atoms in total. The molecule has 5 aliphatic heterocycles. The third kappa shape index (κ3) is 13.6. The van der Waals surface area contributed by atoms with Crippen LogP contribution >= 0.6 is 0 Å². The number of carbonyl (C=O) groups excluding carboxylic acids is 2. The zero-order valence-corrected chi connectivity index (χ0v) is 77.5. The lowest BCUT2D eigenvalue weighted by Gasteiger charge is -2.60. The van der Waals surface area contributed by atoms with Gasteiger partial charge >= 0.3 is 0 Å². The summed E-state index contributed by atoms with van der Waals surface area (Å²) in [5.41, 5.74) is 16.0. The molecule has 20 aliphatic carbocycles. The Morgan fingerprint density at radius 1 is 0.344 bits per heavy atom. The number of piperidine rings is 5. The number of hydrogen-bond acceptors (Lipinski definition) is 15. The molecule has 20 fully saturated rings. The number of hydrogen-bond donors (Lipinski definition) is 2. The second-order valence-electron chi connectivity index (χ2n) is 47.7. The van der Waals surface area contributed by atoms with Gasteiger partial charge < -0.3 is 38.6 Å². The molecule has 28 atom stereocenters. The summed E-state index contributed by atoms with van der Waals surface area (Å²) in [5.74, 6) is 21.0. The number of methoxy groups -OCH3 is 5. The lowest BCUT2D eigenvalue weighted by Crippen LogP contribution is -2.63. The molecule has 16 unspecified atom stereocenters. The van der Waals surface area contributed by atoms with Crippen molar-refractivity contribution in [1.29, 1.82) is 0 Å². The highest BCUT2D eigenvalue weighted by molar-refractivity contribution is 5.88. The molecule has 682 valence electrons. The topological polar surface area (TPSA) is 146 Å². The molecule has 15 heteroatoms. The van der Waals surface area contributed by atoms with Gasteiger partial charge in [0.15, 0.2) is 0 Å². The number of likely N-dealkylation sites (tertiary alicyclic amines) is 5. The molecule has 5 aromatic carbocycles. The summed E-state index contributed by atoms with van der Waals surface area (Å²) >= 11 is 0. The maximum Gasteiger partial charge on any atom is 0.137 e. The molecule has 0 amide bonds. The molecule has 5 aromatic rings. The molecule has 5 saturated heterocycles. The Balaban J connectivity index is 0.0000000847. The lowest BCUT2D eigenvalue weighted by molar-refractivity contribution is -0.129. The second-order valence-corrected chi connectivity index (χ2v) is 47.7. The van der Waals surface area contributed by atoms with Gasteiger partial charge in [0, 0.05) is 115 Å². The van der Waals surface area contributed by atoms with Crippen molar-refractivity contribution in [3.8, 4) is 28.7 Å². The van der Waals surface area contributed by atoms with Crippen LogP contribution < -0.4 is 23.7 Å². The van der Waals surface area contributed by atoms with Gasteiger partial charge in [-0.05, 0) is 435 Å². The third-order valence-corrected chi connectivity index (χ3v) is 41.3. The predicted octanol–water partition coefficient (Wildman–Crippen LogP) is 16.6. The first-order valence-electron chi connectivity index (χ1n) is 52.2. The zero-order valence-electron chi connectivity index (χ0n) is 77.5. The van der Waals surface area contributed by atoms with Gasteiger partial charge in [0.25, 0.3) is 0 Å². The fourth-order valence-corrected chi connectivity index (χ4v) is 34.4. The van der Waals surface area contributed by atoms with Crippen LogP contribution in [0.15, 0.2) is 104 Å². The minimum atomic E-state index is -0.0889. The van der Waals surface area contributed by atoms with Crippen molar-refractivity contribution in [2.24, 2.45) is 118 Å². The van der Waals surface area contributed by atoms with E-state index in [1.807, 2.05) is 6.08 Å². The Morgan fingerprint density at radius 3 is 0.898 bits per heavy atom. The first-order valence-corrected chi connectivity index (χ1v) is 52.2. The van der Waals surface area contributed by atoms with E-state index in [-0.39, 0.29) is 39.3 Å². The maximum absolute atomic E-state index is 12.8. The lowest BCUT2D eigenvalue weighted by atomic mass is 9.51. The Kier molecular flexibility index (Phi) is 20.0. The van der Waals surface area contributed by atoms with Crippen molar-refractivity contribution in [2.75, 3.05) is 108 Å². The van der Waals surface area contributed by atoms with E-state index in [0.717, 1.165) is 144 Å². The van der Waals surface area contributed by atoms with E-state index in [1.165, 1.54) is 264 Å². The number of rotatable bonds is 18. The summed E-state index contributed by atoms with van der Waals surface area (Å²) in [6.45, 7) is 17.2. The normalized spacial score (nSPS) is 42.5. The van der Waals surface area contributed by atoms with Crippen molar-refractivity contribution < 1.29 is 48.2 Å². The fraction of sp³-hybridized carbons (Fsp3) is 0.699. The Hall–Kier alpha value is -6.14. The number of aliphatic hydroxyl groups excluding tert-OH is 2. The van der Waals surface area contributed by atoms with E-state index >= 15 is 0 Å². The zero-order chi connectivity index (χ0) is 85.9. The Bertz CT molecular complexity index is 4940. The monoisotopic (exact) mass is 1730 g/mol. The van der Waals surface area contributed by atoms with Crippen LogP contribution in [0, 0.1) is 118 Å². The standard InChI is InChI=1S/C25H33NO2.2C22H29NO2.2C22H27NO2/c1-3-10-28-23-14-25-8-9-26(15-16-4-5-16)22(24(25)20-13-19(20)23)11-17-6-7-18(27-2)12-21(17)25;4*1-25-15-5-4-14-8-19-21-17-10-16(17)20(24)11-22(21,18(14)9-15)6-7-23(19)12-13-2-3-13/h3,6-7,12,16,19-20,22-24H,1,4-5,8-11,13-15H2,2H3;2*4-5,9,13,16-17,19-21,24H,2-3,6-8,10-12H2,1H3;2*4-5,9,13,16-17,19,21H,2-3,6-8,10-12H2,1H3/t19?,20?,22-,23?,24?,25+;16?,17?,19-,20?,21?,22-;16?,17?,19-,20?,21+,22-;16?,17?,19-,21?,22-;16?,17?,19-,21+,22-/m11111/s1. The smallest absolute Gasteiger partial charge is 0.137 e. The van der Waals surface area contributed by atoms with E-state index in [4.69, 9.17) is 28.4 Å². The van der Waals surface area contributed by atoms with Crippen LogP contribution in [-0.2, 0) is 73.5 Å². The number of aliphatic hydroxyl groups is 2. The van der Waals surface area contributed by atoms with Crippen LogP contribution in [0.25, 0.3) is 0 Å². The van der Waals surface area contributed by atoms with Gasteiger partial charge in [-0.2, -0.15) is 0 Å². The van der Waals surface area contributed by atoms with Gasteiger partial charge in [-0.25, -0.2) is 0 Å². The highest BCUT2D eigenvalue weighted by Crippen LogP contribution is 2.73. The van der Waals surface area contributed by atoms with Crippen LogP contribution in [0.2, 0.25) is 0 Å². The maximum atomic E-state index is 12.8. The summed E-state index contributed by atoms with van der Waals surface area (Å²) in [4.78, 5) is 39.8. The van der Waals surface area contributed by atoms with Gasteiger partial charge in [0.1, 0.15) is 40.3 Å². The first-order chi connectivity index (χ1) is 62.5. The highest BCUT2D eigenvalue weighted by atomic mass is 16.5. The molecule has 2 N–H and O–H groups in total. The Morgan fingerprint density at radius 2 is 0.609 bits per heavy atom. The van der Waals surface area contributed by atoms with Crippen LogP contribution in [0.5, 0.6) is 28.7 Å². The number of ether oxygens (including phenoxy) is 6. The van der Waals surface area contributed by atoms with Crippen molar-refractivity contribution in [3.63, 3.8) is 0 Å². The molecule has 5 heterocycles. The van der Waals surface area contributed by atoms with E-state index in [2.05, 4.69) is 122 Å². The summed E-state index contributed by atoms with van der Waals surface area (Å²) in [5, 5.41) is 21.6. The minimum absolute atomic E-state index is 0.0889. The summed E-state index contributed by atoms with van der Waals surface area (Å²) in [6, 6.07) is 37.2. The summed E-state index contributed by atoms with van der Waals surface area (Å²) in [7, 11) is 8.85. The predicted molar refractivity (Wildman–Crippen MR) is 496 cm³/mol. The third-order valence-electron chi connectivity index (χ3n) is 41.3. The number of carbonyl (C=O) groups is 2. The number of benzene rings is 5. The number of nitrogens with zero attached hydrogens (tertiary/aromatic N) is 5. The van der Waals surface area contributed by atoms with Crippen LogP contribution in [0.4, 0.5) is 0 Å². The first kappa shape index (κ1) is 82.5. The van der Waals surface area contributed by atoms with Gasteiger partial charge in [0.2, 0.25) is 0 Å². The molecular formula is C113H145N5O10. The van der Waals surface area contributed by atoms with E-state index in [0.29, 0.717) is 95.8 Å². The largest absolute Gasteiger partial charge is 0.497 e. The number of Topliss-reactive ketones (excluding diaryl/α,β-unsaturated/α-hetero) is 2. The molecule has 0 aromatic heterocycles. The molecular weight excluding hydrogens is 1590 g/mol. The number of fused-ring (bicyclic) bond motifs is 10. The average molecular weight is 1730 g/mol. The quantitative estimate of drug-likeness (QED) is 0.0802. The van der Waals surface area contributed by atoms with Gasteiger partial charge in [-0.1, -0.05) is 36.4 Å². The van der Waals surface area contributed by atoms with Gasteiger partial charge in [-0.3, -0.25) is 34.1 Å². The second kappa shape index (κ2) is 30.9. The van der Waals surface area contributed by atoms with Crippen molar-refractivity contribution in [2.45, 2.75) is 268 Å². The summed E-state index contributed by atoms with van der Waals surface area (Å²) < 4.78 is 34.2. The van der Waals surface area contributed by atoms with E-state index in [9.17, 15) is 19.8 Å². The molecule has 0 radical (unpaired) electrons. The van der Waals surface area contributed by atoms with Crippen LogP contribution in [0.3, 0.4) is 0 Å². The minimum Gasteiger partial charge on any atom is -0.497 e. The molecule has 30 rings (SSSR count). The summed E-state index contributed by atoms with van der Waals surface area (Å²) in [6.07, 6.45) is 39.6. The Labute approximate surface area is 762 Å². The van der Waals surface area contributed by atoms with Crippen LogP contribution in [0.1, 0.15) is 216 Å². The van der Waals surface area contributed by atoms with Gasteiger partial charge in [0.05, 0.1) is 60.5 Å². The fourth-order valence-electron chi connectivity index (χ4n) is 34.4. The molecule has 15 saturated carbocycles. The van der Waals surface area contributed by atoms with E-state index < -0.39 is 0 Å².